The molecule has 0 aliphatic heterocycles. The molecule has 0 fully saturated rings. The molecule has 0 amide bonds. The third-order valence-corrected chi connectivity index (χ3v) is 3.88. The SMILES string of the molecule is C/C=C\c1ccc(-c2cc(Cl)cc3nc(C)cnc23)cc1C.CC. The lowest BCUT2D eigenvalue weighted by Gasteiger charge is -2.09. The van der Waals surface area contributed by atoms with Crippen molar-refractivity contribution >= 4 is 28.7 Å². The second-order valence-electron chi connectivity index (χ2n) is 5.40. The fourth-order valence-corrected chi connectivity index (χ4v) is 2.82. The van der Waals surface area contributed by atoms with Crippen LogP contribution in [0.15, 0.2) is 42.6 Å². The fraction of sp³-hybridized carbons (Fsp3) is 0.238. The minimum Gasteiger partial charge on any atom is -0.252 e. The molecule has 1 heterocycles. The van der Waals surface area contributed by atoms with E-state index in [4.69, 9.17) is 11.6 Å². The number of hydrogen-bond donors (Lipinski definition) is 0. The van der Waals surface area contributed by atoms with Gasteiger partial charge in [-0.25, -0.2) is 4.98 Å². The van der Waals surface area contributed by atoms with E-state index in [1.54, 1.807) is 6.20 Å². The van der Waals surface area contributed by atoms with E-state index in [2.05, 4.69) is 41.2 Å². The Kier molecular flexibility index (Phi) is 6.10. The van der Waals surface area contributed by atoms with Gasteiger partial charge in [-0.2, -0.15) is 0 Å². The molecule has 2 aromatic carbocycles. The van der Waals surface area contributed by atoms with Crippen molar-refractivity contribution in [3.8, 4) is 11.1 Å². The highest BCUT2D eigenvalue weighted by molar-refractivity contribution is 6.31. The van der Waals surface area contributed by atoms with E-state index in [9.17, 15) is 0 Å². The first-order chi connectivity index (χ1) is 11.6. The number of fused-ring (bicyclic) bond motifs is 1. The lowest BCUT2D eigenvalue weighted by Crippen LogP contribution is -1.91. The van der Waals surface area contributed by atoms with Crippen molar-refractivity contribution < 1.29 is 0 Å². The van der Waals surface area contributed by atoms with Crippen LogP contribution in [0.5, 0.6) is 0 Å². The van der Waals surface area contributed by atoms with Crippen molar-refractivity contribution in [2.24, 2.45) is 0 Å². The second kappa shape index (κ2) is 8.07. The van der Waals surface area contributed by atoms with Crippen LogP contribution in [0, 0.1) is 13.8 Å². The number of hydrogen-bond acceptors (Lipinski definition) is 2. The van der Waals surface area contributed by atoms with Gasteiger partial charge in [-0.1, -0.05) is 55.8 Å². The molecule has 1 aromatic heterocycles. The lowest BCUT2D eigenvalue weighted by molar-refractivity contribution is 1.19. The molecule has 2 nitrogen and oxygen atoms in total. The van der Waals surface area contributed by atoms with Crippen LogP contribution >= 0.6 is 11.6 Å². The highest BCUT2D eigenvalue weighted by Gasteiger charge is 2.09. The number of nitrogens with zero attached hydrogens (tertiary/aromatic N) is 2. The number of benzene rings is 2. The van der Waals surface area contributed by atoms with Crippen LogP contribution in [0.3, 0.4) is 0 Å². The van der Waals surface area contributed by atoms with Gasteiger partial charge in [0.1, 0.15) is 0 Å². The maximum Gasteiger partial charge on any atom is 0.0966 e. The molecule has 0 unspecified atom stereocenters. The summed E-state index contributed by atoms with van der Waals surface area (Å²) in [5, 5.41) is 0.678. The first-order valence-corrected chi connectivity index (χ1v) is 8.63. The molecule has 0 bridgehead atoms. The summed E-state index contributed by atoms with van der Waals surface area (Å²) in [4.78, 5) is 9.09. The van der Waals surface area contributed by atoms with Gasteiger partial charge in [0.15, 0.2) is 0 Å². The smallest absolute Gasteiger partial charge is 0.0966 e. The Morgan fingerprint density at radius 1 is 1.04 bits per heavy atom. The number of rotatable bonds is 2. The van der Waals surface area contributed by atoms with Gasteiger partial charge >= 0.3 is 0 Å². The first kappa shape index (κ1) is 18.2. The van der Waals surface area contributed by atoms with E-state index >= 15 is 0 Å². The Labute approximate surface area is 149 Å². The number of aryl methyl sites for hydroxylation is 2. The average molecular weight is 339 g/mol. The molecule has 0 spiro atoms. The maximum absolute atomic E-state index is 6.27. The summed E-state index contributed by atoms with van der Waals surface area (Å²) in [6, 6.07) is 10.2. The maximum atomic E-state index is 6.27. The molecule has 0 atom stereocenters. The van der Waals surface area contributed by atoms with E-state index < -0.39 is 0 Å². The molecule has 24 heavy (non-hydrogen) atoms. The Balaban J connectivity index is 0.00000100. The summed E-state index contributed by atoms with van der Waals surface area (Å²) in [7, 11) is 0. The molecule has 0 aliphatic rings. The van der Waals surface area contributed by atoms with E-state index in [0.29, 0.717) is 5.02 Å². The van der Waals surface area contributed by atoms with Crippen LogP contribution in [0.2, 0.25) is 5.02 Å². The molecule has 3 heteroatoms. The standard InChI is InChI=1S/C19H17ClN2.C2H6/c1-4-5-14-6-7-15(8-12(14)2)17-9-16(20)10-18-19(17)21-11-13(3)22-18;1-2/h4-11H,1-3H3;1-2H3/b5-4-;. The van der Waals surface area contributed by atoms with E-state index in [-0.39, 0.29) is 0 Å². The van der Waals surface area contributed by atoms with Gasteiger partial charge in [0.2, 0.25) is 0 Å². The second-order valence-corrected chi connectivity index (χ2v) is 5.84. The normalized spacial score (nSPS) is 10.8. The van der Waals surface area contributed by atoms with Gasteiger partial charge in [0, 0.05) is 16.8 Å². The Bertz CT molecular complexity index is 877. The van der Waals surface area contributed by atoms with Gasteiger partial charge in [-0.3, -0.25) is 4.98 Å². The third-order valence-electron chi connectivity index (χ3n) is 3.66. The molecule has 124 valence electrons. The van der Waals surface area contributed by atoms with Gasteiger partial charge in [-0.05, 0) is 49.6 Å². The van der Waals surface area contributed by atoms with Crippen LogP contribution in [-0.2, 0) is 0 Å². The molecule has 0 saturated heterocycles. The van der Waals surface area contributed by atoms with Crippen LogP contribution < -0.4 is 0 Å². The summed E-state index contributed by atoms with van der Waals surface area (Å²) in [5.74, 6) is 0. The Hall–Kier alpha value is -2.19. The van der Waals surface area contributed by atoms with Crippen LogP contribution in [0.1, 0.15) is 37.6 Å². The zero-order chi connectivity index (χ0) is 17.7. The minimum atomic E-state index is 0.678. The summed E-state index contributed by atoms with van der Waals surface area (Å²) in [5.41, 5.74) is 7.18. The zero-order valence-electron chi connectivity index (χ0n) is 14.9. The summed E-state index contributed by atoms with van der Waals surface area (Å²) < 4.78 is 0. The molecule has 3 rings (SSSR count). The third kappa shape index (κ3) is 3.82. The predicted molar refractivity (Wildman–Crippen MR) is 106 cm³/mol. The van der Waals surface area contributed by atoms with Crippen molar-refractivity contribution in [1.29, 1.82) is 0 Å². The zero-order valence-corrected chi connectivity index (χ0v) is 15.6. The highest BCUT2D eigenvalue weighted by Crippen LogP contribution is 2.31. The molecule has 3 aromatic rings. The van der Waals surface area contributed by atoms with Crippen molar-refractivity contribution in [3.05, 3.63) is 64.4 Å². The first-order valence-electron chi connectivity index (χ1n) is 8.25. The molecule has 0 aliphatic carbocycles. The molecule has 0 N–H and O–H groups in total. The minimum absolute atomic E-state index is 0.678. The van der Waals surface area contributed by atoms with E-state index in [1.165, 1.54) is 11.1 Å². The lowest BCUT2D eigenvalue weighted by atomic mass is 9.98. The highest BCUT2D eigenvalue weighted by atomic mass is 35.5. The fourth-order valence-electron chi connectivity index (χ4n) is 2.61. The van der Waals surface area contributed by atoms with Crippen LogP contribution in [0.4, 0.5) is 0 Å². The van der Waals surface area contributed by atoms with Gasteiger partial charge in [0.25, 0.3) is 0 Å². The van der Waals surface area contributed by atoms with Gasteiger partial charge in [-0.15, -0.1) is 0 Å². The number of allylic oxidation sites excluding steroid dienone is 1. The number of halogens is 1. The molecule has 0 saturated carbocycles. The van der Waals surface area contributed by atoms with E-state index in [0.717, 1.165) is 27.9 Å². The Morgan fingerprint density at radius 3 is 2.46 bits per heavy atom. The van der Waals surface area contributed by atoms with Crippen LogP contribution in [0.25, 0.3) is 28.2 Å². The van der Waals surface area contributed by atoms with Gasteiger partial charge in [0.05, 0.1) is 16.7 Å². The van der Waals surface area contributed by atoms with Crippen molar-refractivity contribution in [2.75, 3.05) is 0 Å². The van der Waals surface area contributed by atoms with Gasteiger partial charge < -0.3 is 0 Å². The van der Waals surface area contributed by atoms with E-state index in [1.807, 2.05) is 45.9 Å². The molecular weight excluding hydrogens is 316 g/mol. The number of aromatic nitrogens is 2. The Morgan fingerprint density at radius 2 is 1.79 bits per heavy atom. The monoisotopic (exact) mass is 338 g/mol. The largest absolute Gasteiger partial charge is 0.252 e. The quantitative estimate of drug-likeness (QED) is 0.524. The van der Waals surface area contributed by atoms with Crippen molar-refractivity contribution in [2.45, 2.75) is 34.6 Å². The van der Waals surface area contributed by atoms with Crippen molar-refractivity contribution in [1.82, 2.24) is 9.97 Å². The molecule has 0 radical (unpaired) electrons. The molecular formula is C21H23ClN2. The van der Waals surface area contributed by atoms with Crippen LogP contribution in [-0.4, -0.2) is 9.97 Å². The summed E-state index contributed by atoms with van der Waals surface area (Å²) >= 11 is 6.27. The summed E-state index contributed by atoms with van der Waals surface area (Å²) in [6.07, 6.45) is 5.95. The topological polar surface area (TPSA) is 25.8 Å². The summed E-state index contributed by atoms with van der Waals surface area (Å²) in [6.45, 7) is 10.1. The average Bonchev–Trinajstić information content (AvgIpc) is 2.57. The predicted octanol–water partition coefficient (Wildman–Crippen LogP) is 6.63. The van der Waals surface area contributed by atoms with Crippen molar-refractivity contribution in [3.63, 3.8) is 0 Å².